The van der Waals surface area contributed by atoms with Crippen LogP contribution in [0.1, 0.15) is 112 Å². The Kier molecular flexibility index (Phi) is 11.5. The molecule has 15 aromatic rings. The first-order valence-corrected chi connectivity index (χ1v) is 34.8. The van der Waals surface area contributed by atoms with E-state index in [0.717, 1.165) is 40.5 Å². The highest BCUT2D eigenvalue weighted by Crippen LogP contribution is 2.57. The quantitative estimate of drug-likeness (QED) is 0.150. The summed E-state index contributed by atoms with van der Waals surface area (Å²) in [6, 6.07) is 104. The molecule has 1 aromatic heterocycles. The molecule has 2 aliphatic heterocycles. The monoisotopic (exact) mass is 1240 g/mol. The molecule has 3 nitrogen and oxygen atoms in total. The number of nitrogens with zero attached hydrogens (tertiary/aromatic N) is 3. The number of rotatable bonds is 8. The number of hydrogen-bond donors (Lipinski definition) is 0. The Labute approximate surface area is 567 Å². The standard InChI is InChI=1S/C94H73N3/c1-91(2)80-26-17-27-81-90(80)97-88-78(48-66(52-86(88)91)64-32-40-74-76-42-38-72(54-84(76)93(5,6)82(74)50-64)95(68-34-28-56-18-9-13-22-60(56)44-68)69-35-29-57-19-10-14-23-61(57)45-69)79-49-67(53-87(89(79)97)92(81,3)4)65-33-41-75-77-43-39-73(55-85(77)94(7,8)83(75)51-65)96(70-36-30-58-20-11-15-24-62(58)46-70)71-37-31-59-21-12-16-25-63(59)47-71/h9-52,54-55,67H,53H2,1-8H3. The lowest BCUT2D eigenvalue weighted by molar-refractivity contribution is 0.587. The minimum Gasteiger partial charge on any atom is -0.310 e. The van der Waals surface area contributed by atoms with Crippen molar-refractivity contribution in [1.82, 2.24) is 4.57 Å². The Hall–Kier alpha value is -11.0. The second kappa shape index (κ2) is 19.8. The summed E-state index contributed by atoms with van der Waals surface area (Å²) < 4.78 is 2.73. The molecule has 0 N–H and O–H groups in total. The number of para-hydroxylation sites is 1. The van der Waals surface area contributed by atoms with Gasteiger partial charge in [0.2, 0.25) is 0 Å². The normalized spacial score (nSPS) is 16.5. The van der Waals surface area contributed by atoms with E-state index in [4.69, 9.17) is 0 Å². The van der Waals surface area contributed by atoms with Gasteiger partial charge in [0.15, 0.2) is 0 Å². The second-order valence-electron chi connectivity index (χ2n) is 30.5. The Morgan fingerprint density at radius 1 is 0.309 bits per heavy atom. The lowest BCUT2D eigenvalue weighted by Gasteiger charge is -2.43. The summed E-state index contributed by atoms with van der Waals surface area (Å²) >= 11 is 0. The van der Waals surface area contributed by atoms with Crippen LogP contribution in [0.15, 0.2) is 273 Å². The Morgan fingerprint density at radius 2 is 0.691 bits per heavy atom. The van der Waals surface area contributed by atoms with E-state index in [2.05, 4.69) is 349 Å². The maximum absolute atomic E-state index is 2.73. The first-order valence-electron chi connectivity index (χ1n) is 34.8. The zero-order valence-electron chi connectivity index (χ0n) is 56.2. The fourth-order valence-electron chi connectivity index (χ4n) is 18.5. The topological polar surface area (TPSA) is 11.4 Å². The Balaban J connectivity index is 0.702. The summed E-state index contributed by atoms with van der Waals surface area (Å²) in [6.07, 6.45) is 3.64. The summed E-state index contributed by atoms with van der Waals surface area (Å²) in [5, 5.41) is 14.0. The molecule has 5 aliphatic rings. The molecule has 3 heteroatoms. The van der Waals surface area contributed by atoms with E-state index in [-0.39, 0.29) is 27.6 Å². The van der Waals surface area contributed by atoms with Crippen LogP contribution in [-0.4, -0.2) is 4.57 Å². The molecule has 14 aromatic carbocycles. The highest BCUT2D eigenvalue weighted by Gasteiger charge is 2.46. The van der Waals surface area contributed by atoms with Gasteiger partial charge in [0.25, 0.3) is 0 Å². The molecule has 0 saturated carbocycles. The summed E-state index contributed by atoms with van der Waals surface area (Å²) in [7, 11) is 0. The maximum Gasteiger partial charge on any atom is 0.0582 e. The van der Waals surface area contributed by atoms with Crippen molar-refractivity contribution in [3.8, 4) is 39.1 Å². The zero-order chi connectivity index (χ0) is 65.2. The van der Waals surface area contributed by atoms with E-state index in [1.807, 2.05) is 0 Å². The van der Waals surface area contributed by atoms with Gasteiger partial charge in [-0.2, -0.15) is 0 Å². The molecule has 20 rings (SSSR count). The van der Waals surface area contributed by atoms with Crippen LogP contribution < -0.4 is 20.4 Å². The third kappa shape index (κ3) is 7.97. The molecule has 0 amide bonds. The molecule has 3 heterocycles. The van der Waals surface area contributed by atoms with Crippen LogP contribution in [0, 0.1) is 0 Å². The van der Waals surface area contributed by atoms with Gasteiger partial charge >= 0.3 is 0 Å². The molecule has 1 unspecified atom stereocenters. The highest BCUT2D eigenvalue weighted by molar-refractivity contribution is 6.00. The highest BCUT2D eigenvalue weighted by atomic mass is 15.1. The molecule has 0 radical (unpaired) electrons. The minimum absolute atomic E-state index is 0.172. The largest absolute Gasteiger partial charge is 0.310 e. The smallest absolute Gasteiger partial charge is 0.0582 e. The van der Waals surface area contributed by atoms with E-state index < -0.39 is 0 Å². The lowest BCUT2D eigenvalue weighted by Crippen LogP contribution is -2.46. The lowest BCUT2D eigenvalue weighted by atomic mass is 9.66. The molecule has 0 fully saturated rings. The van der Waals surface area contributed by atoms with E-state index in [9.17, 15) is 0 Å². The van der Waals surface area contributed by atoms with Crippen LogP contribution in [0.2, 0.25) is 0 Å². The summed E-state index contributed by atoms with van der Waals surface area (Å²) in [6.45, 7) is 19.8. The van der Waals surface area contributed by atoms with Gasteiger partial charge in [0, 0.05) is 72.3 Å². The minimum atomic E-state index is -0.274. The number of benzene rings is 14. The van der Waals surface area contributed by atoms with Gasteiger partial charge in [-0.15, -0.1) is 0 Å². The molecule has 0 bridgehead atoms. The maximum atomic E-state index is 2.73. The van der Waals surface area contributed by atoms with Gasteiger partial charge in [0.05, 0.1) is 16.6 Å². The molecule has 0 spiro atoms. The third-order valence-corrected chi connectivity index (χ3v) is 23.8. The van der Waals surface area contributed by atoms with Crippen LogP contribution in [0.4, 0.5) is 34.1 Å². The third-order valence-electron chi connectivity index (χ3n) is 23.8. The average Bonchev–Trinajstić information content (AvgIpc) is 1.57. The molecular weight excluding hydrogens is 1170 g/mol. The average molecular weight is 1240 g/mol. The van der Waals surface area contributed by atoms with E-state index >= 15 is 0 Å². The van der Waals surface area contributed by atoms with Crippen LogP contribution in [0.5, 0.6) is 0 Å². The van der Waals surface area contributed by atoms with Gasteiger partial charge in [-0.1, -0.05) is 243 Å². The molecule has 1 atom stereocenters. The predicted octanol–water partition coefficient (Wildman–Crippen LogP) is 23.5. The molecular formula is C94H73N3. The van der Waals surface area contributed by atoms with E-state index in [0.29, 0.717) is 0 Å². The summed E-state index contributed by atoms with van der Waals surface area (Å²) in [5.41, 5.74) is 29.2. The van der Waals surface area contributed by atoms with Crippen LogP contribution >= 0.6 is 0 Å². The van der Waals surface area contributed by atoms with Crippen LogP contribution in [-0.2, 0) is 21.7 Å². The first-order chi connectivity index (χ1) is 47.1. The Morgan fingerprint density at radius 3 is 1.18 bits per heavy atom. The second-order valence-corrected chi connectivity index (χ2v) is 30.5. The number of anilines is 6. The zero-order valence-corrected chi connectivity index (χ0v) is 56.2. The van der Waals surface area contributed by atoms with Crippen molar-refractivity contribution in [2.45, 2.75) is 89.4 Å². The Bertz CT molecular complexity index is 5980. The summed E-state index contributed by atoms with van der Waals surface area (Å²) in [4.78, 5) is 4.92. The van der Waals surface area contributed by atoms with Crippen molar-refractivity contribution in [3.05, 3.63) is 328 Å². The van der Waals surface area contributed by atoms with Crippen LogP contribution in [0.25, 0.3) is 105 Å². The fraction of sp³-hybridized carbons (Fsp3) is 0.149. The van der Waals surface area contributed by atoms with Crippen molar-refractivity contribution < 1.29 is 0 Å². The SMILES string of the molecule is CC1(C)C2=c3c(c4cc(-c5ccc6c(c5)C(C)(C)c5cc(N(c7ccc8ccccc8c7)c7ccc8ccccc8c7)ccc5-6)cc5c4n3-c3c1cccc3C5(C)C)=CC(c1ccc3c(c1)C(C)(C)c1cc(N(c4ccc5ccccc5c4)c4ccc5ccccc5c4)ccc1-3)C2. The fourth-order valence-corrected chi connectivity index (χ4v) is 18.5. The predicted molar refractivity (Wildman–Crippen MR) is 409 cm³/mol. The van der Waals surface area contributed by atoms with Crippen molar-refractivity contribution in [2.75, 3.05) is 9.80 Å². The van der Waals surface area contributed by atoms with Gasteiger partial charge in [-0.25, -0.2) is 0 Å². The van der Waals surface area contributed by atoms with Crippen molar-refractivity contribution in [3.63, 3.8) is 0 Å². The first kappa shape index (κ1) is 56.4. The van der Waals surface area contributed by atoms with E-state index in [1.54, 1.807) is 0 Å². The summed E-state index contributed by atoms with van der Waals surface area (Å²) in [5.74, 6) is 0.172. The van der Waals surface area contributed by atoms with Gasteiger partial charge in [-0.05, 0) is 224 Å². The van der Waals surface area contributed by atoms with Gasteiger partial charge in [0.1, 0.15) is 0 Å². The number of fused-ring (bicyclic) bond motifs is 11. The molecule has 97 heavy (non-hydrogen) atoms. The van der Waals surface area contributed by atoms with Crippen molar-refractivity contribution in [1.29, 1.82) is 0 Å². The van der Waals surface area contributed by atoms with E-state index in [1.165, 1.54) is 154 Å². The number of aromatic nitrogens is 1. The molecule has 3 aliphatic carbocycles. The van der Waals surface area contributed by atoms with Gasteiger partial charge < -0.3 is 14.4 Å². The van der Waals surface area contributed by atoms with Gasteiger partial charge in [-0.3, -0.25) is 0 Å². The van der Waals surface area contributed by atoms with Crippen molar-refractivity contribution in [2.24, 2.45) is 0 Å². The van der Waals surface area contributed by atoms with Crippen molar-refractivity contribution >= 4 is 99.8 Å². The molecule has 0 saturated heterocycles. The molecule has 464 valence electrons. The van der Waals surface area contributed by atoms with Crippen LogP contribution in [0.3, 0.4) is 0 Å². The number of hydrogen-bond acceptors (Lipinski definition) is 2.